The van der Waals surface area contributed by atoms with Crippen molar-refractivity contribution in [2.24, 2.45) is 0 Å². The molecule has 0 bridgehead atoms. The molecule has 0 saturated heterocycles. The van der Waals surface area contributed by atoms with Crippen molar-refractivity contribution in [3.05, 3.63) is 53.4 Å². The standard InChI is InChI=1S/C14H14ClNO3/c1-10(16-14(17)13-3-2-8-18-13)9-19-12-6-4-11(15)5-7-12/h2-8,10H,9H2,1H3,(H,16,17). The number of halogens is 1. The molecule has 0 saturated carbocycles. The van der Waals surface area contributed by atoms with Crippen LogP contribution in [0.4, 0.5) is 0 Å². The van der Waals surface area contributed by atoms with Crippen molar-refractivity contribution in [2.75, 3.05) is 6.61 Å². The van der Waals surface area contributed by atoms with Gasteiger partial charge in [0.1, 0.15) is 12.4 Å². The van der Waals surface area contributed by atoms with Crippen LogP contribution in [0, 0.1) is 0 Å². The molecular formula is C14H14ClNO3. The molecule has 0 radical (unpaired) electrons. The summed E-state index contributed by atoms with van der Waals surface area (Å²) in [4.78, 5) is 11.7. The summed E-state index contributed by atoms with van der Waals surface area (Å²) in [7, 11) is 0. The number of ether oxygens (including phenoxy) is 1. The van der Waals surface area contributed by atoms with Crippen LogP contribution in [0.25, 0.3) is 0 Å². The molecular weight excluding hydrogens is 266 g/mol. The zero-order chi connectivity index (χ0) is 13.7. The van der Waals surface area contributed by atoms with E-state index in [0.29, 0.717) is 23.1 Å². The summed E-state index contributed by atoms with van der Waals surface area (Å²) >= 11 is 5.78. The number of amides is 1. The van der Waals surface area contributed by atoms with Gasteiger partial charge in [-0.1, -0.05) is 11.6 Å². The molecule has 0 fully saturated rings. The molecule has 2 aromatic rings. The monoisotopic (exact) mass is 279 g/mol. The van der Waals surface area contributed by atoms with Crippen molar-refractivity contribution in [1.82, 2.24) is 5.32 Å². The molecule has 1 aromatic heterocycles. The molecule has 1 heterocycles. The zero-order valence-corrected chi connectivity index (χ0v) is 11.2. The molecule has 1 N–H and O–H groups in total. The number of rotatable bonds is 5. The summed E-state index contributed by atoms with van der Waals surface area (Å²) in [5.74, 6) is 0.749. The topological polar surface area (TPSA) is 51.5 Å². The van der Waals surface area contributed by atoms with Gasteiger partial charge in [-0.05, 0) is 43.3 Å². The molecule has 0 spiro atoms. The Hall–Kier alpha value is -1.94. The Balaban J connectivity index is 1.80. The van der Waals surface area contributed by atoms with Gasteiger partial charge >= 0.3 is 0 Å². The molecule has 1 aromatic carbocycles. The predicted molar refractivity (Wildman–Crippen MR) is 72.6 cm³/mol. The third kappa shape index (κ3) is 4.03. The van der Waals surface area contributed by atoms with Gasteiger partial charge in [-0.3, -0.25) is 4.79 Å². The maximum Gasteiger partial charge on any atom is 0.287 e. The largest absolute Gasteiger partial charge is 0.491 e. The minimum atomic E-state index is -0.253. The number of hydrogen-bond acceptors (Lipinski definition) is 3. The lowest BCUT2D eigenvalue weighted by atomic mass is 10.3. The van der Waals surface area contributed by atoms with Crippen LogP contribution in [0.3, 0.4) is 0 Å². The molecule has 2 rings (SSSR count). The molecule has 19 heavy (non-hydrogen) atoms. The van der Waals surface area contributed by atoms with Crippen LogP contribution >= 0.6 is 11.6 Å². The number of benzene rings is 1. The second-order valence-corrected chi connectivity index (χ2v) is 4.55. The minimum Gasteiger partial charge on any atom is -0.491 e. The average Bonchev–Trinajstić information content (AvgIpc) is 2.92. The van der Waals surface area contributed by atoms with E-state index in [4.69, 9.17) is 20.8 Å². The van der Waals surface area contributed by atoms with Crippen molar-refractivity contribution >= 4 is 17.5 Å². The Bertz CT molecular complexity index is 522. The Kier molecular flexibility index (Phi) is 4.47. The van der Waals surface area contributed by atoms with Gasteiger partial charge < -0.3 is 14.5 Å². The molecule has 1 atom stereocenters. The summed E-state index contributed by atoms with van der Waals surface area (Å²) in [6, 6.07) is 10.2. The van der Waals surface area contributed by atoms with Crippen molar-refractivity contribution < 1.29 is 13.9 Å². The maximum absolute atomic E-state index is 11.7. The summed E-state index contributed by atoms with van der Waals surface area (Å²) in [5.41, 5.74) is 0. The Morgan fingerprint density at radius 1 is 1.37 bits per heavy atom. The van der Waals surface area contributed by atoms with E-state index in [1.165, 1.54) is 6.26 Å². The van der Waals surface area contributed by atoms with Gasteiger partial charge in [0, 0.05) is 5.02 Å². The fraction of sp³-hybridized carbons (Fsp3) is 0.214. The number of carbonyl (C=O) groups excluding carboxylic acids is 1. The lowest BCUT2D eigenvalue weighted by molar-refractivity contribution is 0.0898. The maximum atomic E-state index is 11.7. The highest BCUT2D eigenvalue weighted by atomic mass is 35.5. The average molecular weight is 280 g/mol. The first-order chi connectivity index (χ1) is 9.15. The Morgan fingerprint density at radius 3 is 2.74 bits per heavy atom. The lowest BCUT2D eigenvalue weighted by Crippen LogP contribution is -2.36. The number of nitrogens with one attached hydrogen (secondary N) is 1. The van der Waals surface area contributed by atoms with Gasteiger partial charge in [-0.25, -0.2) is 0 Å². The van der Waals surface area contributed by atoms with Crippen LogP contribution < -0.4 is 10.1 Å². The molecule has 1 amide bonds. The lowest BCUT2D eigenvalue weighted by Gasteiger charge is -2.14. The summed E-state index contributed by atoms with van der Waals surface area (Å²) in [6.45, 7) is 2.23. The highest BCUT2D eigenvalue weighted by molar-refractivity contribution is 6.30. The van der Waals surface area contributed by atoms with Crippen LogP contribution in [0.15, 0.2) is 47.1 Å². The first-order valence-corrected chi connectivity index (χ1v) is 6.25. The normalized spacial score (nSPS) is 11.9. The molecule has 5 heteroatoms. The second-order valence-electron chi connectivity index (χ2n) is 4.12. The van der Waals surface area contributed by atoms with Gasteiger partial charge in [0.15, 0.2) is 5.76 Å². The van der Waals surface area contributed by atoms with E-state index >= 15 is 0 Å². The smallest absolute Gasteiger partial charge is 0.287 e. The summed E-state index contributed by atoms with van der Waals surface area (Å²) < 4.78 is 10.5. The van der Waals surface area contributed by atoms with Crippen LogP contribution in [0.5, 0.6) is 5.75 Å². The summed E-state index contributed by atoms with van der Waals surface area (Å²) in [6.07, 6.45) is 1.46. The SMILES string of the molecule is CC(COc1ccc(Cl)cc1)NC(=O)c1ccco1. The highest BCUT2D eigenvalue weighted by Crippen LogP contribution is 2.15. The van der Waals surface area contributed by atoms with Crippen LogP contribution in [0.2, 0.25) is 5.02 Å². The van der Waals surface area contributed by atoms with Gasteiger partial charge in [-0.15, -0.1) is 0 Å². The van der Waals surface area contributed by atoms with E-state index in [0.717, 1.165) is 0 Å². The van der Waals surface area contributed by atoms with E-state index in [-0.39, 0.29) is 11.9 Å². The molecule has 0 aliphatic heterocycles. The van der Waals surface area contributed by atoms with E-state index in [1.807, 2.05) is 6.92 Å². The van der Waals surface area contributed by atoms with Crippen molar-refractivity contribution in [3.8, 4) is 5.75 Å². The van der Waals surface area contributed by atoms with Crippen molar-refractivity contribution in [2.45, 2.75) is 13.0 Å². The van der Waals surface area contributed by atoms with E-state index < -0.39 is 0 Å². The molecule has 4 nitrogen and oxygen atoms in total. The van der Waals surface area contributed by atoms with E-state index in [1.54, 1.807) is 36.4 Å². The second kappa shape index (κ2) is 6.29. The fourth-order valence-electron chi connectivity index (χ4n) is 1.50. The Morgan fingerprint density at radius 2 is 2.11 bits per heavy atom. The first kappa shape index (κ1) is 13.5. The zero-order valence-electron chi connectivity index (χ0n) is 10.4. The fourth-order valence-corrected chi connectivity index (χ4v) is 1.62. The van der Waals surface area contributed by atoms with Gasteiger partial charge in [0.05, 0.1) is 12.3 Å². The van der Waals surface area contributed by atoms with Crippen LogP contribution in [0.1, 0.15) is 17.5 Å². The first-order valence-electron chi connectivity index (χ1n) is 5.88. The van der Waals surface area contributed by atoms with Crippen molar-refractivity contribution in [1.29, 1.82) is 0 Å². The summed E-state index contributed by atoms with van der Waals surface area (Å²) in [5, 5.41) is 3.44. The third-order valence-corrected chi connectivity index (χ3v) is 2.69. The van der Waals surface area contributed by atoms with Crippen LogP contribution in [-0.4, -0.2) is 18.6 Å². The number of furan rings is 1. The molecule has 100 valence electrons. The molecule has 1 unspecified atom stereocenters. The van der Waals surface area contributed by atoms with E-state index in [9.17, 15) is 4.79 Å². The third-order valence-electron chi connectivity index (χ3n) is 2.44. The highest BCUT2D eigenvalue weighted by Gasteiger charge is 2.12. The molecule has 0 aliphatic rings. The van der Waals surface area contributed by atoms with E-state index in [2.05, 4.69) is 5.32 Å². The van der Waals surface area contributed by atoms with Crippen LogP contribution in [-0.2, 0) is 0 Å². The Labute approximate surface area is 116 Å². The van der Waals surface area contributed by atoms with Gasteiger partial charge in [-0.2, -0.15) is 0 Å². The van der Waals surface area contributed by atoms with Gasteiger partial charge in [0.2, 0.25) is 0 Å². The number of hydrogen-bond donors (Lipinski definition) is 1. The molecule has 0 aliphatic carbocycles. The predicted octanol–water partition coefficient (Wildman–Crippen LogP) is 3.13. The van der Waals surface area contributed by atoms with Crippen molar-refractivity contribution in [3.63, 3.8) is 0 Å². The van der Waals surface area contributed by atoms with Gasteiger partial charge in [0.25, 0.3) is 5.91 Å². The quantitative estimate of drug-likeness (QED) is 0.915. The minimum absolute atomic E-state index is 0.131. The number of carbonyl (C=O) groups is 1.